The van der Waals surface area contributed by atoms with Crippen LogP contribution in [0, 0.1) is 0 Å². The normalized spacial score (nSPS) is 18.8. The topological polar surface area (TPSA) is 72.4 Å². The molecular weight excluding hydrogens is 378 g/mol. The van der Waals surface area contributed by atoms with E-state index in [4.69, 9.17) is 4.74 Å². The van der Waals surface area contributed by atoms with E-state index in [1.807, 2.05) is 6.92 Å². The summed E-state index contributed by atoms with van der Waals surface area (Å²) in [7, 11) is 4.19. The summed E-state index contributed by atoms with van der Waals surface area (Å²) in [5.74, 6) is 0.733. The van der Waals surface area contributed by atoms with Gasteiger partial charge in [0.1, 0.15) is 0 Å². The second-order valence-corrected chi connectivity index (χ2v) is 8.54. The first-order chi connectivity index (χ1) is 14.3. The van der Waals surface area contributed by atoms with Gasteiger partial charge in [0.15, 0.2) is 5.96 Å². The van der Waals surface area contributed by atoms with Crippen molar-refractivity contribution in [3.05, 3.63) is 35.4 Å². The Bertz CT molecular complexity index is 639. The van der Waals surface area contributed by atoms with Gasteiger partial charge in [0, 0.05) is 32.7 Å². The van der Waals surface area contributed by atoms with Gasteiger partial charge >= 0.3 is 0 Å². The second-order valence-electron chi connectivity index (χ2n) is 8.54. The number of hydrogen-bond acceptors (Lipinski definition) is 5. The SMILES string of the molecule is CCNC(=NCC(C)(O)CN1CCOCC1)NCC(c1ccc(CC)cc1)N(C)C. The molecule has 0 amide bonds. The van der Waals surface area contributed by atoms with Crippen molar-refractivity contribution in [3.63, 3.8) is 0 Å². The molecule has 170 valence electrons. The van der Waals surface area contributed by atoms with Crippen LogP contribution in [-0.4, -0.2) is 93.0 Å². The zero-order valence-electron chi connectivity index (χ0n) is 19.4. The van der Waals surface area contributed by atoms with Crippen molar-refractivity contribution in [1.29, 1.82) is 0 Å². The van der Waals surface area contributed by atoms with E-state index in [1.165, 1.54) is 11.1 Å². The highest BCUT2D eigenvalue weighted by Crippen LogP contribution is 2.18. The third-order valence-corrected chi connectivity index (χ3v) is 5.45. The van der Waals surface area contributed by atoms with E-state index in [1.54, 1.807) is 0 Å². The van der Waals surface area contributed by atoms with Crippen LogP contribution in [0.5, 0.6) is 0 Å². The fourth-order valence-electron chi connectivity index (χ4n) is 3.65. The molecule has 0 saturated carbocycles. The number of aryl methyl sites for hydroxylation is 1. The van der Waals surface area contributed by atoms with Crippen LogP contribution >= 0.6 is 0 Å². The summed E-state index contributed by atoms with van der Waals surface area (Å²) >= 11 is 0. The van der Waals surface area contributed by atoms with Gasteiger partial charge in [-0.3, -0.25) is 9.89 Å². The van der Waals surface area contributed by atoms with Crippen LogP contribution in [0.25, 0.3) is 0 Å². The van der Waals surface area contributed by atoms with Gasteiger partial charge in [-0.1, -0.05) is 31.2 Å². The number of morpholine rings is 1. The first kappa shape index (κ1) is 24.6. The molecule has 1 fully saturated rings. The molecule has 1 heterocycles. The quantitative estimate of drug-likeness (QED) is 0.394. The molecule has 30 heavy (non-hydrogen) atoms. The number of rotatable bonds is 10. The van der Waals surface area contributed by atoms with E-state index >= 15 is 0 Å². The number of guanidine groups is 1. The molecular formula is C23H41N5O2. The Morgan fingerprint density at radius 1 is 1.20 bits per heavy atom. The Morgan fingerprint density at radius 3 is 2.43 bits per heavy atom. The van der Waals surface area contributed by atoms with Crippen molar-refractivity contribution < 1.29 is 9.84 Å². The van der Waals surface area contributed by atoms with Crippen LogP contribution in [0.2, 0.25) is 0 Å². The number of benzene rings is 1. The minimum Gasteiger partial charge on any atom is -0.387 e. The van der Waals surface area contributed by atoms with Crippen molar-refractivity contribution in [1.82, 2.24) is 20.4 Å². The van der Waals surface area contributed by atoms with E-state index in [9.17, 15) is 5.11 Å². The van der Waals surface area contributed by atoms with Crippen LogP contribution in [0.4, 0.5) is 0 Å². The maximum absolute atomic E-state index is 10.8. The predicted octanol–water partition coefficient (Wildman–Crippen LogP) is 1.49. The summed E-state index contributed by atoms with van der Waals surface area (Å²) in [5.41, 5.74) is 1.75. The lowest BCUT2D eigenvalue weighted by atomic mass is 10.0. The van der Waals surface area contributed by atoms with Gasteiger partial charge in [0.25, 0.3) is 0 Å². The van der Waals surface area contributed by atoms with Crippen LogP contribution < -0.4 is 10.6 Å². The van der Waals surface area contributed by atoms with Gasteiger partial charge in [-0.25, -0.2) is 0 Å². The molecule has 7 heteroatoms. The number of β-amino-alcohol motifs (C(OH)–C–C–N with tert-alkyl or cyclic N) is 1. The highest BCUT2D eigenvalue weighted by molar-refractivity contribution is 5.79. The lowest BCUT2D eigenvalue weighted by Gasteiger charge is -2.33. The molecule has 0 aromatic heterocycles. The molecule has 1 aliphatic heterocycles. The zero-order valence-corrected chi connectivity index (χ0v) is 19.4. The third kappa shape index (κ3) is 8.22. The molecule has 3 N–H and O–H groups in total. The summed E-state index contributed by atoms with van der Waals surface area (Å²) in [4.78, 5) is 9.12. The number of ether oxygens (including phenoxy) is 1. The van der Waals surface area contributed by atoms with E-state index in [2.05, 4.69) is 77.6 Å². The Hall–Kier alpha value is -1.67. The molecule has 1 saturated heterocycles. The van der Waals surface area contributed by atoms with Gasteiger partial charge < -0.3 is 25.4 Å². The number of aliphatic hydroxyl groups is 1. The second kappa shape index (κ2) is 12.2. The molecule has 1 aromatic rings. The van der Waals surface area contributed by atoms with E-state index in [0.717, 1.165) is 51.8 Å². The molecule has 0 radical (unpaired) electrons. The van der Waals surface area contributed by atoms with Crippen LogP contribution in [0.3, 0.4) is 0 Å². The highest BCUT2D eigenvalue weighted by Gasteiger charge is 2.25. The van der Waals surface area contributed by atoms with Crippen molar-refractivity contribution in [2.45, 2.75) is 38.8 Å². The molecule has 0 spiro atoms. The summed E-state index contributed by atoms with van der Waals surface area (Å²) in [6.45, 7) is 11.7. The fraction of sp³-hybridized carbons (Fsp3) is 0.696. The molecule has 7 nitrogen and oxygen atoms in total. The highest BCUT2D eigenvalue weighted by atomic mass is 16.5. The number of hydrogen-bond donors (Lipinski definition) is 3. The van der Waals surface area contributed by atoms with Crippen molar-refractivity contribution in [2.75, 3.05) is 66.6 Å². The summed E-state index contributed by atoms with van der Waals surface area (Å²) < 4.78 is 5.39. The standard InChI is InChI=1S/C23H41N5O2/c1-6-19-8-10-20(11-9-19)21(27(4)5)16-25-22(24-7-2)26-17-23(3,29)18-28-12-14-30-15-13-28/h8-11,21,29H,6-7,12-18H2,1-5H3,(H2,24,25,26). The number of likely N-dealkylation sites (N-methyl/N-ethyl adjacent to an activating group) is 1. The average molecular weight is 420 g/mol. The minimum absolute atomic E-state index is 0.230. The van der Waals surface area contributed by atoms with E-state index in [0.29, 0.717) is 13.1 Å². The molecule has 2 atom stereocenters. The fourth-order valence-corrected chi connectivity index (χ4v) is 3.65. The average Bonchev–Trinajstić information content (AvgIpc) is 2.72. The van der Waals surface area contributed by atoms with Gasteiger partial charge in [0.05, 0.1) is 31.4 Å². The van der Waals surface area contributed by atoms with Gasteiger partial charge in [-0.05, 0) is 45.5 Å². The predicted molar refractivity (Wildman–Crippen MR) is 124 cm³/mol. The van der Waals surface area contributed by atoms with Crippen LogP contribution in [-0.2, 0) is 11.2 Å². The Labute approximate surface area is 182 Å². The number of nitrogens with one attached hydrogen (secondary N) is 2. The van der Waals surface area contributed by atoms with Gasteiger partial charge in [-0.2, -0.15) is 0 Å². The summed E-state index contributed by atoms with van der Waals surface area (Å²) in [6.07, 6.45) is 1.05. The zero-order chi connectivity index (χ0) is 22.0. The number of aliphatic imine (C=N–C) groups is 1. The molecule has 0 bridgehead atoms. The molecule has 0 aliphatic carbocycles. The largest absolute Gasteiger partial charge is 0.387 e. The van der Waals surface area contributed by atoms with Crippen molar-refractivity contribution >= 4 is 5.96 Å². The Kier molecular flexibility index (Phi) is 10.0. The molecule has 1 aromatic carbocycles. The molecule has 1 aliphatic rings. The van der Waals surface area contributed by atoms with E-state index in [-0.39, 0.29) is 6.04 Å². The van der Waals surface area contributed by atoms with E-state index < -0.39 is 5.60 Å². The van der Waals surface area contributed by atoms with Crippen LogP contribution in [0.15, 0.2) is 29.3 Å². The van der Waals surface area contributed by atoms with Crippen LogP contribution in [0.1, 0.15) is 37.9 Å². The lowest BCUT2D eigenvalue weighted by molar-refractivity contribution is -0.0180. The van der Waals surface area contributed by atoms with Gasteiger partial charge in [-0.15, -0.1) is 0 Å². The Morgan fingerprint density at radius 2 is 1.87 bits per heavy atom. The summed E-state index contributed by atoms with van der Waals surface area (Å²) in [5, 5.41) is 17.6. The minimum atomic E-state index is -0.878. The lowest BCUT2D eigenvalue weighted by Crippen LogP contribution is -2.48. The summed E-state index contributed by atoms with van der Waals surface area (Å²) in [6, 6.07) is 9.06. The third-order valence-electron chi connectivity index (χ3n) is 5.45. The van der Waals surface area contributed by atoms with Gasteiger partial charge in [0.2, 0.25) is 0 Å². The van der Waals surface area contributed by atoms with Crippen molar-refractivity contribution in [3.8, 4) is 0 Å². The maximum atomic E-state index is 10.8. The maximum Gasteiger partial charge on any atom is 0.191 e. The molecule has 2 unspecified atom stereocenters. The Balaban J connectivity index is 1.97. The molecule has 2 rings (SSSR count). The first-order valence-corrected chi connectivity index (χ1v) is 11.1. The number of nitrogens with zero attached hydrogens (tertiary/aromatic N) is 3. The van der Waals surface area contributed by atoms with Crippen molar-refractivity contribution in [2.24, 2.45) is 4.99 Å². The monoisotopic (exact) mass is 419 g/mol. The first-order valence-electron chi connectivity index (χ1n) is 11.1. The smallest absolute Gasteiger partial charge is 0.191 e.